The Morgan fingerprint density at radius 1 is 1.50 bits per heavy atom. The lowest BCUT2D eigenvalue weighted by molar-refractivity contribution is -0.121. The van der Waals surface area contributed by atoms with Crippen molar-refractivity contribution in [3.63, 3.8) is 0 Å². The Hall–Kier alpha value is -0.610. The van der Waals surface area contributed by atoms with Crippen LogP contribution in [0.1, 0.15) is 39.5 Å². The van der Waals surface area contributed by atoms with Gasteiger partial charge in [0.25, 0.3) is 0 Å². The number of nitrogens with two attached hydrogens (primary N) is 1. The van der Waals surface area contributed by atoms with Gasteiger partial charge >= 0.3 is 0 Å². The Balaban J connectivity index is 2.07. The quantitative estimate of drug-likeness (QED) is 0.642. The van der Waals surface area contributed by atoms with Crippen LogP contribution in [0.3, 0.4) is 0 Å². The first kappa shape index (κ1) is 13.5. The van der Waals surface area contributed by atoms with Crippen molar-refractivity contribution < 1.29 is 4.79 Å². The number of likely N-dealkylation sites (N-methyl/N-ethyl adjacent to an activating group) is 1. The van der Waals surface area contributed by atoms with Gasteiger partial charge in [-0.2, -0.15) is 0 Å². The summed E-state index contributed by atoms with van der Waals surface area (Å²) in [5, 5.41) is 2.93. The summed E-state index contributed by atoms with van der Waals surface area (Å²) in [4.78, 5) is 13.9. The van der Waals surface area contributed by atoms with Crippen LogP contribution in [0.25, 0.3) is 0 Å². The monoisotopic (exact) mass is 227 g/mol. The van der Waals surface area contributed by atoms with Gasteiger partial charge in [-0.1, -0.05) is 13.8 Å². The van der Waals surface area contributed by atoms with Crippen molar-refractivity contribution in [2.75, 3.05) is 19.6 Å². The average Bonchev–Trinajstić information content (AvgIpc) is 3.08. The summed E-state index contributed by atoms with van der Waals surface area (Å²) >= 11 is 0. The minimum Gasteiger partial charge on any atom is -0.355 e. The third-order valence-electron chi connectivity index (χ3n) is 3.16. The molecule has 0 aromatic carbocycles. The molecule has 1 amide bonds. The largest absolute Gasteiger partial charge is 0.355 e. The molecule has 0 saturated heterocycles. The van der Waals surface area contributed by atoms with Gasteiger partial charge in [-0.05, 0) is 25.8 Å². The molecule has 1 rings (SSSR count). The third kappa shape index (κ3) is 4.94. The number of rotatable bonds is 8. The summed E-state index contributed by atoms with van der Waals surface area (Å²) in [7, 11) is 0. The van der Waals surface area contributed by atoms with Crippen molar-refractivity contribution in [1.82, 2.24) is 10.2 Å². The molecule has 1 fully saturated rings. The van der Waals surface area contributed by atoms with Crippen molar-refractivity contribution in [3.05, 3.63) is 0 Å². The standard InChI is InChI=1S/C12H25N3O/c1-3-10(13)9-12(16)14-7-8-15(4-2)11-5-6-11/h10-11H,3-9,13H2,1-2H3,(H,14,16). The predicted octanol–water partition coefficient (Wildman–Crippen LogP) is 0.714. The van der Waals surface area contributed by atoms with Crippen LogP contribution in [0.4, 0.5) is 0 Å². The van der Waals surface area contributed by atoms with Crippen molar-refractivity contribution in [3.8, 4) is 0 Å². The molecule has 0 heterocycles. The van der Waals surface area contributed by atoms with E-state index in [1.807, 2.05) is 6.92 Å². The Morgan fingerprint density at radius 2 is 2.19 bits per heavy atom. The molecule has 1 aliphatic rings. The summed E-state index contributed by atoms with van der Waals surface area (Å²) in [6, 6.07) is 0.783. The van der Waals surface area contributed by atoms with Gasteiger partial charge in [0.1, 0.15) is 0 Å². The van der Waals surface area contributed by atoms with E-state index in [1.165, 1.54) is 12.8 Å². The zero-order chi connectivity index (χ0) is 12.0. The lowest BCUT2D eigenvalue weighted by atomic mass is 10.1. The van der Waals surface area contributed by atoms with Crippen LogP contribution >= 0.6 is 0 Å². The number of hydrogen-bond acceptors (Lipinski definition) is 3. The zero-order valence-corrected chi connectivity index (χ0v) is 10.5. The van der Waals surface area contributed by atoms with E-state index in [-0.39, 0.29) is 11.9 Å². The minimum atomic E-state index is 0.00529. The number of nitrogens with zero attached hydrogens (tertiary/aromatic N) is 1. The summed E-state index contributed by atoms with van der Waals surface area (Å²) in [6.07, 6.45) is 3.95. The van der Waals surface area contributed by atoms with E-state index in [9.17, 15) is 4.79 Å². The highest BCUT2D eigenvalue weighted by molar-refractivity contribution is 5.76. The Morgan fingerprint density at radius 3 is 2.69 bits per heavy atom. The first-order valence-corrected chi connectivity index (χ1v) is 6.43. The molecule has 0 aromatic heterocycles. The van der Waals surface area contributed by atoms with Crippen LogP contribution in [-0.2, 0) is 4.79 Å². The second kappa shape index (κ2) is 6.86. The molecule has 4 heteroatoms. The zero-order valence-electron chi connectivity index (χ0n) is 10.5. The van der Waals surface area contributed by atoms with Crippen LogP contribution in [0.5, 0.6) is 0 Å². The Bertz CT molecular complexity index is 216. The van der Waals surface area contributed by atoms with Gasteiger partial charge < -0.3 is 11.1 Å². The third-order valence-corrected chi connectivity index (χ3v) is 3.16. The molecular formula is C12H25N3O. The number of carbonyl (C=O) groups excluding carboxylic acids is 1. The molecule has 94 valence electrons. The number of amides is 1. The molecule has 0 radical (unpaired) electrons. The molecule has 1 aliphatic carbocycles. The highest BCUT2D eigenvalue weighted by Crippen LogP contribution is 2.25. The molecule has 4 nitrogen and oxygen atoms in total. The van der Waals surface area contributed by atoms with Crippen molar-refractivity contribution >= 4 is 5.91 Å². The molecule has 0 aromatic rings. The van der Waals surface area contributed by atoms with Crippen LogP contribution in [0.2, 0.25) is 0 Å². The van der Waals surface area contributed by atoms with Gasteiger partial charge in [0, 0.05) is 31.6 Å². The molecule has 1 unspecified atom stereocenters. The lowest BCUT2D eigenvalue weighted by Crippen LogP contribution is -2.38. The van der Waals surface area contributed by atoms with E-state index in [0.29, 0.717) is 6.42 Å². The SMILES string of the molecule is CCC(N)CC(=O)NCCN(CC)C1CC1. The first-order valence-electron chi connectivity index (χ1n) is 6.43. The van der Waals surface area contributed by atoms with Crippen LogP contribution in [0.15, 0.2) is 0 Å². The molecule has 3 N–H and O–H groups in total. The van der Waals surface area contributed by atoms with Crippen molar-refractivity contribution in [2.24, 2.45) is 5.73 Å². The highest BCUT2D eigenvalue weighted by atomic mass is 16.1. The second-order valence-electron chi connectivity index (χ2n) is 4.58. The minimum absolute atomic E-state index is 0.00529. The lowest BCUT2D eigenvalue weighted by Gasteiger charge is -2.20. The summed E-state index contributed by atoms with van der Waals surface area (Å²) < 4.78 is 0. The maximum absolute atomic E-state index is 11.5. The van der Waals surface area contributed by atoms with Crippen molar-refractivity contribution in [1.29, 1.82) is 0 Å². The molecule has 16 heavy (non-hydrogen) atoms. The topological polar surface area (TPSA) is 58.4 Å². The fourth-order valence-electron chi connectivity index (χ4n) is 1.83. The Labute approximate surface area is 98.6 Å². The van der Waals surface area contributed by atoms with E-state index in [2.05, 4.69) is 17.1 Å². The molecule has 0 aliphatic heterocycles. The first-order chi connectivity index (χ1) is 7.67. The van der Waals surface area contributed by atoms with Crippen LogP contribution < -0.4 is 11.1 Å². The van der Waals surface area contributed by atoms with Gasteiger partial charge in [-0.15, -0.1) is 0 Å². The maximum Gasteiger partial charge on any atom is 0.221 e. The van der Waals surface area contributed by atoms with E-state index < -0.39 is 0 Å². The van der Waals surface area contributed by atoms with E-state index >= 15 is 0 Å². The summed E-state index contributed by atoms with van der Waals surface area (Å²) in [5.41, 5.74) is 5.72. The van der Waals surface area contributed by atoms with Gasteiger partial charge in [0.05, 0.1) is 0 Å². The fourth-order valence-corrected chi connectivity index (χ4v) is 1.83. The summed E-state index contributed by atoms with van der Waals surface area (Å²) in [5.74, 6) is 0.0844. The van der Waals surface area contributed by atoms with E-state index in [0.717, 1.165) is 32.1 Å². The van der Waals surface area contributed by atoms with Gasteiger partial charge in [-0.3, -0.25) is 9.69 Å². The number of carbonyl (C=O) groups is 1. The molecular weight excluding hydrogens is 202 g/mol. The Kier molecular flexibility index (Phi) is 5.77. The predicted molar refractivity (Wildman–Crippen MR) is 66.2 cm³/mol. The van der Waals surface area contributed by atoms with E-state index in [1.54, 1.807) is 0 Å². The number of nitrogens with one attached hydrogen (secondary N) is 1. The molecule has 0 spiro atoms. The summed E-state index contributed by atoms with van der Waals surface area (Å²) in [6.45, 7) is 6.97. The van der Waals surface area contributed by atoms with Crippen LogP contribution in [0, 0.1) is 0 Å². The highest BCUT2D eigenvalue weighted by Gasteiger charge is 2.27. The van der Waals surface area contributed by atoms with Gasteiger partial charge in [0.2, 0.25) is 5.91 Å². The van der Waals surface area contributed by atoms with Crippen molar-refractivity contribution in [2.45, 2.75) is 51.6 Å². The average molecular weight is 227 g/mol. The smallest absolute Gasteiger partial charge is 0.221 e. The van der Waals surface area contributed by atoms with Gasteiger partial charge in [-0.25, -0.2) is 0 Å². The molecule has 0 bridgehead atoms. The number of hydrogen-bond donors (Lipinski definition) is 2. The molecule has 1 saturated carbocycles. The maximum atomic E-state index is 11.5. The normalized spacial score (nSPS) is 17.5. The van der Waals surface area contributed by atoms with Gasteiger partial charge in [0.15, 0.2) is 0 Å². The van der Waals surface area contributed by atoms with Crippen LogP contribution in [-0.4, -0.2) is 42.5 Å². The molecule has 1 atom stereocenters. The fraction of sp³-hybridized carbons (Fsp3) is 0.917. The van der Waals surface area contributed by atoms with E-state index in [4.69, 9.17) is 5.73 Å². The second-order valence-corrected chi connectivity index (χ2v) is 4.58.